The van der Waals surface area contributed by atoms with E-state index in [0.29, 0.717) is 32.8 Å². The molecule has 1 unspecified atom stereocenters. The highest BCUT2D eigenvalue weighted by molar-refractivity contribution is 5.78. The predicted molar refractivity (Wildman–Crippen MR) is 81.0 cm³/mol. The first-order chi connectivity index (χ1) is 10.7. The van der Waals surface area contributed by atoms with Crippen molar-refractivity contribution >= 4 is 5.91 Å². The van der Waals surface area contributed by atoms with Crippen molar-refractivity contribution in [3.05, 3.63) is 35.6 Å². The lowest BCUT2D eigenvalue weighted by Gasteiger charge is -2.37. The summed E-state index contributed by atoms with van der Waals surface area (Å²) in [6.07, 6.45) is 0. The van der Waals surface area contributed by atoms with Gasteiger partial charge in [0.1, 0.15) is 5.82 Å². The maximum absolute atomic E-state index is 13.5. The third kappa shape index (κ3) is 3.63. The van der Waals surface area contributed by atoms with Crippen molar-refractivity contribution in [2.24, 2.45) is 0 Å². The second kappa shape index (κ2) is 7.17. The average Bonchev–Trinajstić information content (AvgIpc) is 2.56. The van der Waals surface area contributed by atoms with E-state index in [1.165, 1.54) is 6.07 Å². The Morgan fingerprint density at radius 3 is 2.91 bits per heavy atom. The van der Waals surface area contributed by atoms with Gasteiger partial charge in [-0.25, -0.2) is 4.39 Å². The first kappa shape index (κ1) is 15.4. The Morgan fingerprint density at radius 2 is 2.14 bits per heavy atom. The zero-order valence-corrected chi connectivity index (χ0v) is 12.6. The number of nitrogens with zero attached hydrogens (tertiary/aromatic N) is 2. The van der Waals surface area contributed by atoms with Gasteiger partial charge in [0, 0.05) is 38.8 Å². The Morgan fingerprint density at radius 1 is 1.32 bits per heavy atom. The van der Waals surface area contributed by atoms with Crippen LogP contribution in [0.1, 0.15) is 11.6 Å². The van der Waals surface area contributed by atoms with E-state index in [9.17, 15) is 9.18 Å². The summed E-state index contributed by atoms with van der Waals surface area (Å²) in [6, 6.07) is 6.69. The molecule has 6 heteroatoms. The van der Waals surface area contributed by atoms with E-state index in [0.717, 1.165) is 25.2 Å². The minimum Gasteiger partial charge on any atom is -0.378 e. The molecule has 1 N–H and O–H groups in total. The van der Waals surface area contributed by atoms with Crippen LogP contribution in [0.3, 0.4) is 0 Å². The molecular weight excluding hydrogens is 285 g/mol. The van der Waals surface area contributed by atoms with Gasteiger partial charge in [0.15, 0.2) is 0 Å². The molecule has 0 aromatic heterocycles. The van der Waals surface area contributed by atoms with Gasteiger partial charge in [-0.2, -0.15) is 0 Å². The number of morpholine rings is 1. The van der Waals surface area contributed by atoms with E-state index in [4.69, 9.17) is 4.74 Å². The molecule has 3 rings (SSSR count). The molecule has 120 valence electrons. The van der Waals surface area contributed by atoms with Crippen LogP contribution in [-0.4, -0.2) is 68.2 Å². The van der Waals surface area contributed by atoms with Crippen molar-refractivity contribution in [3.8, 4) is 0 Å². The molecular formula is C16H22FN3O2. The second-order valence-corrected chi connectivity index (χ2v) is 5.74. The lowest BCUT2D eigenvalue weighted by atomic mass is 10.0. The highest BCUT2D eigenvalue weighted by Gasteiger charge is 2.27. The number of piperazine rings is 1. The van der Waals surface area contributed by atoms with Crippen molar-refractivity contribution in [1.82, 2.24) is 15.1 Å². The molecule has 1 amide bonds. The highest BCUT2D eigenvalue weighted by Crippen LogP contribution is 2.22. The van der Waals surface area contributed by atoms with E-state index in [1.807, 2.05) is 11.0 Å². The van der Waals surface area contributed by atoms with Crippen LogP contribution in [-0.2, 0) is 9.53 Å². The lowest BCUT2D eigenvalue weighted by molar-refractivity contribution is -0.137. The topological polar surface area (TPSA) is 44.8 Å². The normalized spacial score (nSPS) is 23.5. The summed E-state index contributed by atoms with van der Waals surface area (Å²) in [5.41, 5.74) is 0.918. The Labute approximate surface area is 130 Å². The van der Waals surface area contributed by atoms with Crippen molar-refractivity contribution in [3.63, 3.8) is 0 Å². The van der Waals surface area contributed by atoms with Gasteiger partial charge in [-0.1, -0.05) is 12.1 Å². The molecule has 2 heterocycles. The number of halogens is 1. The molecule has 1 aromatic rings. The van der Waals surface area contributed by atoms with E-state index in [1.54, 1.807) is 12.1 Å². The average molecular weight is 307 g/mol. The Balaban J connectivity index is 1.68. The maximum Gasteiger partial charge on any atom is 0.236 e. The van der Waals surface area contributed by atoms with Crippen LogP contribution in [0.2, 0.25) is 0 Å². The fraction of sp³-hybridized carbons (Fsp3) is 0.562. The number of hydrogen-bond donors (Lipinski definition) is 1. The van der Waals surface area contributed by atoms with E-state index in [2.05, 4.69) is 10.2 Å². The summed E-state index contributed by atoms with van der Waals surface area (Å²) in [4.78, 5) is 16.4. The van der Waals surface area contributed by atoms with E-state index >= 15 is 0 Å². The molecule has 5 nitrogen and oxygen atoms in total. The monoisotopic (exact) mass is 307 g/mol. The van der Waals surface area contributed by atoms with Crippen LogP contribution >= 0.6 is 0 Å². The summed E-state index contributed by atoms with van der Waals surface area (Å²) in [5, 5.41) is 3.33. The number of nitrogens with one attached hydrogen (secondary N) is 1. The van der Waals surface area contributed by atoms with Gasteiger partial charge in [-0.05, 0) is 17.7 Å². The molecule has 1 atom stereocenters. The lowest BCUT2D eigenvalue weighted by Crippen LogP contribution is -2.51. The largest absolute Gasteiger partial charge is 0.378 e. The number of hydrogen-bond acceptors (Lipinski definition) is 4. The smallest absolute Gasteiger partial charge is 0.236 e. The number of ether oxygens (including phenoxy) is 1. The molecule has 2 aliphatic heterocycles. The highest BCUT2D eigenvalue weighted by atomic mass is 19.1. The number of rotatable bonds is 3. The number of carbonyl (C=O) groups is 1. The zero-order chi connectivity index (χ0) is 15.4. The molecule has 22 heavy (non-hydrogen) atoms. The molecule has 2 aliphatic rings. The quantitative estimate of drug-likeness (QED) is 0.890. The van der Waals surface area contributed by atoms with Crippen molar-refractivity contribution in [1.29, 1.82) is 0 Å². The van der Waals surface area contributed by atoms with E-state index < -0.39 is 0 Å². The SMILES string of the molecule is O=C(CN1CCNCC1c1cccc(F)c1)N1CCOCC1. The summed E-state index contributed by atoms with van der Waals surface area (Å²) in [5.74, 6) is -0.103. The molecule has 0 saturated carbocycles. The summed E-state index contributed by atoms with van der Waals surface area (Å²) < 4.78 is 18.8. The molecule has 0 radical (unpaired) electrons. The molecule has 2 fully saturated rings. The first-order valence-corrected chi connectivity index (χ1v) is 7.80. The first-order valence-electron chi connectivity index (χ1n) is 7.80. The molecule has 0 bridgehead atoms. The molecule has 1 aromatic carbocycles. The second-order valence-electron chi connectivity index (χ2n) is 5.74. The fourth-order valence-electron chi connectivity index (χ4n) is 3.06. The van der Waals surface area contributed by atoms with Gasteiger partial charge in [0.05, 0.1) is 19.8 Å². The molecule has 0 aliphatic carbocycles. The fourth-order valence-corrected chi connectivity index (χ4v) is 3.06. The summed E-state index contributed by atoms with van der Waals surface area (Å²) in [7, 11) is 0. The summed E-state index contributed by atoms with van der Waals surface area (Å²) in [6.45, 7) is 5.30. The van der Waals surface area contributed by atoms with Gasteiger partial charge >= 0.3 is 0 Å². The predicted octanol–water partition coefficient (Wildman–Crippen LogP) is 0.631. The van der Waals surface area contributed by atoms with Crippen molar-refractivity contribution < 1.29 is 13.9 Å². The van der Waals surface area contributed by atoms with Crippen LogP contribution in [0, 0.1) is 5.82 Å². The van der Waals surface area contributed by atoms with Crippen molar-refractivity contribution in [2.75, 3.05) is 52.5 Å². The summed E-state index contributed by atoms with van der Waals surface area (Å²) >= 11 is 0. The maximum atomic E-state index is 13.5. The molecule has 2 saturated heterocycles. The van der Waals surface area contributed by atoms with Crippen molar-refractivity contribution in [2.45, 2.75) is 6.04 Å². The minimum absolute atomic E-state index is 0.0365. The third-order valence-electron chi connectivity index (χ3n) is 4.29. The van der Waals surface area contributed by atoms with Crippen LogP contribution in [0.4, 0.5) is 4.39 Å². The van der Waals surface area contributed by atoms with Crippen LogP contribution in [0.15, 0.2) is 24.3 Å². The number of carbonyl (C=O) groups excluding carboxylic acids is 1. The Bertz CT molecular complexity index is 520. The van der Waals surface area contributed by atoms with Gasteiger partial charge < -0.3 is 15.0 Å². The number of amides is 1. The minimum atomic E-state index is -0.234. The molecule has 0 spiro atoms. The standard InChI is InChI=1S/C16H22FN3O2/c17-14-3-1-2-13(10-14)15-11-18-4-5-20(15)12-16(21)19-6-8-22-9-7-19/h1-3,10,15,18H,4-9,11-12H2. The van der Waals surface area contributed by atoms with E-state index in [-0.39, 0.29) is 17.8 Å². The van der Waals surface area contributed by atoms with Gasteiger partial charge in [0.25, 0.3) is 0 Å². The van der Waals surface area contributed by atoms with Gasteiger partial charge in [-0.3, -0.25) is 9.69 Å². The Hall–Kier alpha value is -1.50. The zero-order valence-electron chi connectivity index (χ0n) is 12.6. The van der Waals surface area contributed by atoms with Crippen LogP contribution in [0.25, 0.3) is 0 Å². The Kier molecular flexibility index (Phi) is 5.02. The van der Waals surface area contributed by atoms with Crippen LogP contribution in [0.5, 0.6) is 0 Å². The third-order valence-corrected chi connectivity index (χ3v) is 4.29. The van der Waals surface area contributed by atoms with Gasteiger partial charge in [-0.15, -0.1) is 0 Å². The number of benzene rings is 1. The van der Waals surface area contributed by atoms with Crippen LogP contribution < -0.4 is 5.32 Å². The van der Waals surface area contributed by atoms with Gasteiger partial charge in [0.2, 0.25) is 5.91 Å².